The largest absolute Gasteiger partial charge is 0.206 e. The van der Waals surface area contributed by atoms with E-state index in [1.807, 2.05) is 6.07 Å². The van der Waals surface area contributed by atoms with E-state index < -0.39 is 23.3 Å². The molecule has 3 aromatic rings. The molecule has 1 aliphatic carbocycles. The summed E-state index contributed by atoms with van der Waals surface area (Å²) < 4.78 is 55.3. The summed E-state index contributed by atoms with van der Waals surface area (Å²) in [5, 5.41) is 0.165. The van der Waals surface area contributed by atoms with Gasteiger partial charge in [-0.1, -0.05) is 24.0 Å². The van der Waals surface area contributed by atoms with Crippen LogP contribution in [0.25, 0.3) is 10.8 Å². The van der Waals surface area contributed by atoms with E-state index in [0.717, 1.165) is 50.2 Å². The van der Waals surface area contributed by atoms with Gasteiger partial charge in [-0.05, 0) is 85.7 Å². The van der Waals surface area contributed by atoms with Crippen LogP contribution in [0.3, 0.4) is 0 Å². The number of hydrogen-bond donors (Lipinski definition) is 0. The van der Waals surface area contributed by atoms with Gasteiger partial charge in [0.1, 0.15) is 5.82 Å². The molecule has 1 fully saturated rings. The predicted octanol–water partition coefficient (Wildman–Crippen LogP) is 7.17. The number of rotatable bonds is 3. The zero-order valence-electron chi connectivity index (χ0n) is 17.5. The second kappa shape index (κ2) is 9.49. The van der Waals surface area contributed by atoms with Crippen molar-refractivity contribution in [3.8, 4) is 24.2 Å². The first-order valence-electron chi connectivity index (χ1n) is 10.8. The van der Waals surface area contributed by atoms with Crippen LogP contribution in [0.1, 0.15) is 48.8 Å². The van der Waals surface area contributed by atoms with Crippen molar-refractivity contribution < 1.29 is 17.6 Å². The molecular formula is C28H22F4. The van der Waals surface area contributed by atoms with Crippen molar-refractivity contribution in [1.29, 1.82) is 0 Å². The van der Waals surface area contributed by atoms with Gasteiger partial charge in [0.15, 0.2) is 17.5 Å². The number of benzene rings is 3. The van der Waals surface area contributed by atoms with Crippen LogP contribution in [-0.4, -0.2) is 0 Å². The van der Waals surface area contributed by atoms with E-state index in [1.54, 1.807) is 6.07 Å². The lowest BCUT2D eigenvalue weighted by molar-refractivity contribution is 0.302. The molecule has 4 rings (SSSR count). The molecule has 0 atom stereocenters. The summed E-state index contributed by atoms with van der Waals surface area (Å²) >= 11 is 0. The third-order valence-electron chi connectivity index (χ3n) is 6.27. The highest BCUT2D eigenvalue weighted by Crippen LogP contribution is 2.31. The van der Waals surface area contributed by atoms with Crippen LogP contribution < -0.4 is 0 Å². The molecule has 0 unspecified atom stereocenters. The summed E-state index contributed by atoms with van der Waals surface area (Å²) in [6.07, 6.45) is 11.8. The van der Waals surface area contributed by atoms with Crippen LogP contribution in [0.15, 0.2) is 42.5 Å². The van der Waals surface area contributed by atoms with Crippen molar-refractivity contribution >= 4 is 10.8 Å². The Bertz CT molecular complexity index is 1250. The normalized spacial score (nSPS) is 18.1. The molecular weight excluding hydrogens is 412 g/mol. The van der Waals surface area contributed by atoms with Crippen LogP contribution in [0.5, 0.6) is 0 Å². The van der Waals surface area contributed by atoms with Gasteiger partial charge in [-0.2, -0.15) is 0 Å². The van der Waals surface area contributed by atoms with Gasteiger partial charge in [0, 0.05) is 16.9 Å². The Hall–Kier alpha value is -3.24. The third-order valence-corrected chi connectivity index (χ3v) is 6.27. The number of terminal acetylenes is 1. The highest BCUT2D eigenvalue weighted by molar-refractivity contribution is 5.84. The summed E-state index contributed by atoms with van der Waals surface area (Å²) in [5.41, 5.74) is 1.64. The second-order valence-corrected chi connectivity index (χ2v) is 8.41. The van der Waals surface area contributed by atoms with E-state index in [9.17, 15) is 17.6 Å². The molecule has 0 amide bonds. The molecule has 3 aromatic carbocycles. The minimum absolute atomic E-state index is 0.0299. The SMILES string of the molecule is C#CC1CCC(CCc2ccc(C#Cc3ccc4c(F)c(F)c(F)cc4c3)c(F)c2)CC1. The van der Waals surface area contributed by atoms with Crippen LogP contribution >= 0.6 is 0 Å². The Morgan fingerprint density at radius 3 is 2.31 bits per heavy atom. The summed E-state index contributed by atoms with van der Waals surface area (Å²) in [4.78, 5) is 0. The van der Waals surface area contributed by atoms with E-state index in [1.165, 1.54) is 24.3 Å². The van der Waals surface area contributed by atoms with Gasteiger partial charge in [-0.15, -0.1) is 12.3 Å². The van der Waals surface area contributed by atoms with Crippen LogP contribution in [0, 0.1) is 59.3 Å². The molecule has 0 radical (unpaired) electrons. The van der Waals surface area contributed by atoms with Crippen molar-refractivity contribution in [1.82, 2.24) is 0 Å². The van der Waals surface area contributed by atoms with E-state index in [4.69, 9.17) is 6.42 Å². The first-order chi connectivity index (χ1) is 15.4. The Labute approximate surface area is 185 Å². The summed E-state index contributed by atoms with van der Waals surface area (Å²) in [7, 11) is 0. The summed E-state index contributed by atoms with van der Waals surface area (Å²) in [6.45, 7) is 0. The first-order valence-corrected chi connectivity index (χ1v) is 10.8. The zero-order valence-corrected chi connectivity index (χ0v) is 17.5. The molecule has 0 aliphatic heterocycles. The van der Waals surface area contributed by atoms with Crippen LogP contribution in [0.2, 0.25) is 0 Å². The number of halogens is 4. The van der Waals surface area contributed by atoms with E-state index >= 15 is 0 Å². The number of hydrogen-bond acceptors (Lipinski definition) is 0. The van der Waals surface area contributed by atoms with Crippen molar-refractivity contribution in [3.05, 3.63) is 82.4 Å². The lowest BCUT2D eigenvalue weighted by Crippen LogP contribution is -2.13. The van der Waals surface area contributed by atoms with Gasteiger partial charge < -0.3 is 0 Å². The quantitative estimate of drug-likeness (QED) is 0.233. The third kappa shape index (κ3) is 4.81. The molecule has 0 bridgehead atoms. The predicted molar refractivity (Wildman–Crippen MR) is 119 cm³/mol. The fourth-order valence-electron chi connectivity index (χ4n) is 4.33. The Morgan fingerprint density at radius 1 is 0.812 bits per heavy atom. The highest BCUT2D eigenvalue weighted by Gasteiger charge is 2.19. The molecule has 4 heteroatoms. The molecule has 1 saturated carbocycles. The molecule has 32 heavy (non-hydrogen) atoms. The van der Waals surface area contributed by atoms with Crippen molar-refractivity contribution in [2.45, 2.75) is 38.5 Å². The minimum atomic E-state index is -1.50. The Morgan fingerprint density at radius 2 is 1.59 bits per heavy atom. The van der Waals surface area contributed by atoms with E-state index in [-0.39, 0.29) is 16.3 Å². The molecule has 162 valence electrons. The molecule has 0 N–H and O–H groups in total. The molecule has 0 nitrogen and oxygen atoms in total. The van der Waals surface area contributed by atoms with E-state index in [0.29, 0.717) is 17.4 Å². The van der Waals surface area contributed by atoms with Gasteiger partial charge in [0.25, 0.3) is 0 Å². The van der Waals surface area contributed by atoms with Crippen molar-refractivity contribution in [3.63, 3.8) is 0 Å². The first kappa shape index (κ1) is 22.0. The van der Waals surface area contributed by atoms with Crippen molar-refractivity contribution in [2.24, 2.45) is 11.8 Å². The maximum atomic E-state index is 14.6. The van der Waals surface area contributed by atoms with Gasteiger partial charge in [0.2, 0.25) is 0 Å². The maximum absolute atomic E-state index is 14.6. The smallest absolute Gasteiger partial charge is 0.195 e. The number of fused-ring (bicyclic) bond motifs is 1. The molecule has 0 aromatic heterocycles. The Kier molecular flexibility index (Phi) is 6.52. The second-order valence-electron chi connectivity index (χ2n) is 8.41. The average Bonchev–Trinajstić information content (AvgIpc) is 2.81. The van der Waals surface area contributed by atoms with Crippen molar-refractivity contribution in [2.75, 3.05) is 0 Å². The Balaban J connectivity index is 1.44. The lowest BCUT2D eigenvalue weighted by atomic mass is 9.80. The van der Waals surface area contributed by atoms with Gasteiger partial charge in [-0.25, -0.2) is 17.6 Å². The molecule has 0 heterocycles. The van der Waals surface area contributed by atoms with Gasteiger partial charge >= 0.3 is 0 Å². The summed E-state index contributed by atoms with van der Waals surface area (Å²) in [5.74, 6) is 5.08. The maximum Gasteiger partial charge on any atom is 0.195 e. The van der Waals surface area contributed by atoms with Crippen LogP contribution in [0.4, 0.5) is 17.6 Å². The molecule has 0 saturated heterocycles. The summed E-state index contributed by atoms with van der Waals surface area (Å²) in [6, 6.07) is 10.3. The lowest BCUT2D eigenvalue weighted by Gasteiger charge is -2.25. The number of aryl methyl sites for hydroxylation is 1. The zero-order chi connectivity index (χ0) is 22.7. The van der Waals surface area contributed by atoms with Gasteiger partial charge in [0.05, 0.1) is 5.56 Å². The monoisotopic (exact) mass is 434 g/mol. The molecule has 1 aliphatic rings. The minimum Gasteiger partial charge on any atom is -0.206 e. The topological polar surface area (TPSA) is 0 Å². The van der Waals surface area contributed by atoms with E-state index in [2.05, 4.69) is 17.8 Å². The van der Waals surface area contributed by atoms with Crippen LogP contribution in [-0.2, 0) is 6.42 Å². The fraction of sp³-hybridized carbons (Fsp3) is 0.286. The molecule has 0 spiro atoms. The fourth-order valence-corrected chi connectivity index (χ4v) is 4.33. The average molecular weight is 434 g/mol. The highest BCUT2D eigenvalue weighted by atomic mass is 19.2. The standard InChI is InChI=1S/C28H22F4/c1-2-18-3-5-19(6-4-18)7-8-21-10-13-22(25(29)16-21)12-9-20-11-14-24-23(15-20)17-26(30)28(32)27(24)31/h1,10-11,13-19H,3-8H2. The van der Waals surface area contributed by atoms with Gasteiger partial charge in [-0.3, -0.25) is 0 Å².